The number of piperidine rings is 2. The number of hydrogen-bond donors (Lipinski definition) is 6. The van der Waals surface area contributed by atoms with E-state index in [0.29, 0.717) is 105 Å². The predicted molar refractivity (Wildman–Crippen MR) is 392 cm³/mol. The van der Waals surface area contributed by atoms with Gasteiger partial charge in [-0.2, -0.15) is 25.5 Å². The molecule has 0 radical (unpaired) electrons. The number of likely N-dealkylation sites (tertiary alicyclic amines) is 2. The average molecular weight is 1400 g/mol. The summed E-state index contributed by atoms with van der Waals surface area (Å²) in [5, 5.41) is 34.5. The van der Waals surface area contributed by atoms with Gasteiger partial charge in [-0.3, -0.25) is 33.3 Å². The first kappa shape index (κ1) is 68.5. The van der Waals surface area contributed by atoms with Crippen LogP contribution in [0.15, 0.2) is 239 Å². The molecule has 2 aliphatic heterocycles. The molecule has 2 unspecified atom stereocenters. The van der Waals surface area contributed by atoms with Crippen molar-refractivity contribution in [3.63, 3.8) is 0 Å². The molecule has 2 atom stereocenters. The Morgan fingerprint density at radius 2 is 1.03 bits per heavy atom. The maximum absolute atomic E-state index is 13.9. The van der Waals surface area contributed by atoms with Crippen molar-refractivity contribution in [3.05, 3.63) is 257 Å². The number of nitrogens with two attached hydrogens (primary N) is 3. The Balaban J connectivity index is 0.000000139. The van der Waals surface area contributed by atoms with E-state index in [1.54, 1.807) is 84.5 Å². The second-order valence-corrected chi connectivity index (χ2v) is 24.0. The third kappa shape index (κ3) is 14.5. The van der Waals surface area contributed by atoms with Crippen LogP contribution in [0.5, 0.6) is 34.5 Å². The van der Waals surface area contributed by atoms with E-state index in [1.165, 1.54) is 24.3 Å². The van der Waals surface area contributed by atoms with E-state index in [1.807, 2.05) is 115 Å². The Morgan fingerprint density at radius 1 is 0.538 bits per heavy atom. The summed E-state index contributed by atoms with van der Waals surface area (Å²) in [5.74, 6) is 2.56. The van der Waals surface area contributed by atoms with E-state index in [9.17, 15) is 33.2 Å². The summed E-state index contributed by atoms with van der Waals surface area (Å²) in [6.45, 7) is 12.7. The van der Waals surface area contributed by atoms with E-state index in [-0.39, 0.29) is 64.0 Å². The topological polar surface area (TPSA) is 364 Å². The van der Waals surface area contributed by atoms with Crippen molar-refractivity contribution in [1.82, 2.24) is 64.7 Å². The Morgan fingerprint density at radius 3 is 1.58 bits per heavy atom. The first-order valence-corrected chi connectivity index (χ1v) is 32.8. The number of aromatic amines is 2. The molecule has 2 fully saturated rings. The highest BCUT2D eigenvalue weighted by Crippen LogP contribution is 2.39. The number of benzene rings is 7. The molecule has 28 heteroatoms. The van der Waals surface area contributed by atoms with Gasteiger partial charge in [-0.25, -0.2) is 24.1 Å². The summed E-state index contributed by atoms with van der Waals surface area (Å²) in [6.07, 6.45) is 6.81. The number of para-hydroxylation sites is 3. The minimum Gasteiger partial charge on any atom is -0.457 e. The van der Waals surface area contributed by atoms with E-state index in [4.69, 9.17) is 46.1 Å². The van der Waals surface area contributed by atoms with Gasteiger partial charge in [0.2, 0.25) is 17.7 Å². The highest BCUT2D eigenvalue weighted by Gasteiger charge is 2.32. The number of anilines is 4. The molecule has 7 aromatic carbocycles. The zero-order chi connectivity index (χ0) is 72.5. The quantitative estimate of drug-likeness (QED) is 0.0489. The summed E-state index contributed by atoms with van der Waals surface area (Å²) in [7, 11) is 0. The largest absolute Gasteiger partial charge is 0.457 e. The molecule has 2 aliphatic rings. The molecule has 0 bridgehead atoms. The number of nitrogen functional groups attached to an aromatic ring is 3. The molecule has 2 saturated heterocycles. The summed E-state index contributed by atoms with van der Waals surface area (Å²) in [4.78, 5) is 77.6. The number of carbonyl (C=O) groups excluding carboxylic acids is 3. The molecule has 27 nitrogen and oxygen atoms in total. The van der Waals surface area contributed by atoms with Crippen LogP contribution >= 0.6 is 0 Å². The fourth-order valence-corrected chi connectivity index (χ4v) is 12.4. The third-order valence-corrected chi connectivity index (χ3v) is 17.3. The van der Waals surface area contributed by atoms with Crippen LogP contribution in [0.4, 0.5) is 27.5 Å². The monoisotopic (exact) mass is 1400 g/mol. The fourth-order valence-electron chi connectivity index (χ4n) is 12.4. The van der Waals surface area contributed by atoms with E-state index in [0.717, 1.165) is 42.6 Å². The van der Waals surface area contributed by atoms with Crippen LogP contribution in [0.1, 0.15) is 37.8 Å². The highest BCUT2D eigenvalue weighted by atomic mass is 19.1. The molecule has 8 heterocycles. The number of carbonyl (C=O) groups is 3. The molecule has 104 heavy (non-hydrogen) atoms. The molecule has 15 rings (SSSR count). The van der Waals surface area contributed by atoms with Gasteiger partial charge in [0, 0.05) is 48.6 Å². The van der Waals surface area contributed by atoms with Gasteiger partial charge in [0.25, 0.3) is 11.1 Å². The number of H-pyrrole nitrogens is 2. The van der Waals surface area contributed by atoms with E-state index < -0.39 is 22.6 Å². The van der Waals surface area contributed by atoms with Crippen LogP contribution in [0.3, 0.4) is 0 Å². The van der Waals surface area contributed by atoms with E-state index in [2.05, 4.69) is 55.7 Å². The smallest absolute Gasteiger partial charge is 0.384 e. The number of nitrogens with one attached hydrogen (secondary N) is 3. The van der Waals surface area contributed by atoms with Gasteiger partial charge in [0.1, 0.15) is 45.7 Å². The number of ether oxygens (including phenoxy) is 3. The van der Waals surface area contributed by atoms with Crippen molar-refractivity contribution < 1.29 is 37.5 Å². The van der Waals surface area contributed by atoms with Crippen LogP contribution in [0.2, 0.25) is 0 Å². The lowest BCUT2D eigenvalue weighted by molar-refractivity contribution is -0.128. The second-order valence-electron chi connectivity index (χ2n) is 24.0. The Bertz CT molecular complexity index is 5580. The van der Waals surface area contributed by atoms with Crippen molar-refractivity contribution in [2.75, 3.05) is 48.7 Å². The average Bonchev–Trinajstić information content (AvgIpc) is 1.62. The van der Waals surface area contributed by atoms with Crippen LogP contribution < -0.4 is 53.5 Å². The number of nitrogens with zero attached hydrogens (tertiary/aromatic N) is 11. The lowest BCUT2D eigenvalue weighted by Crippen LogP contribution is -2.40. The number of aromatic nitrogens is 11. The summed E-state index contributed by atoms with van der Waals surface area (Å²) in [6, 6.07) is 53.3. The van der Waals surface area contributed by atoms with Crippen LogP contribution in [-0.2, 0) is 14.4 Å². The lowest BCUT2D eigenvalue weighted by atomic mass is 10.1. The molecule has 522 valence electrons. The Labute approximate surface area is 590 Å². The maximum Gasteiger partial charge on any atom is 0.384 e. The highest BCUT2D eigenvalue weighted by molar-refractivity contribution is 6.03. The number of fused-ring (bicyclic) bond motifs is 3. The van der Waals surface area contributed by atoms with Crippen LogP contribution in [0.25, 0.3) is 72.2 Å². The van der Waals surface area contributed by atoms with Gasteiger partial charge in [-0.05, 0) is 171 Å². The van der Waals surface area contributed by atoms with Crippen LogP contribution in [-0.4, -0.2) is 109 Å². The Kier molecular flexibility index (Phi) is 19.9. The summed E-state index contributed by atoms with van der Waals surface area (Å²) in [5.41, 5.74) is 22.6. The molecule has 0 spiro atoms. The van der Waals surface area contributed by atoms with Crippen molar-refractivity contribution in [1.29, 1.82) is 0 Å². The zero-order valence-electron chi connectivity index (χ0n) is 55.6. The second kappa shape index (κ2) is 30.2. The molecule has 6 aromatic heterocycles. The fraction of sp³-hybridized carbons (Fsp3) is 0.132. The molecule has 0 saturated carbocycles. The zero-order valence-corrected chi connectivity index (χ0v) is 55.6. The Hall–Kier alpha value is -14.1. The summed E-state index contributed by atoms with van der Waals surface area (Å²) < 4.78 is 41.1. The van der Waals surface area contributed by atoms with Gasteiger partial charge in [0.15, 0.2) is 40.1 Å². The van der Waals surface area contributed by atoms with Crippen molar-refractivity contribution in [2.24, 2.45) is 0 Å². The molecular weight excluding hydrogens is 1330 g/mol. The van der Waals surface area contributed by atoms with Crippen molar-refractivity contribution >= 4 is 73.6 Å². The number of rotatable bonds is 16. The first-order valence-electron chi connectivity index (χ1n) is 32.8. The number of amides is 3. The normalized spacial score (nSPS) is 14.1. The number of halogens is 1. The van der Waals surface area contributed by atoms with Crippen molar-refractivity contribution in [3.8, 4) is 74.0 Å². The van der Waals surface area contributed by atoms with Crippen molar-refractivity contribution in [2.45, 2.75) is 37.8 Å². The van der Waals surface area contributed by atoms with Gasteiger partial charge >= 0.3 is 5.63 Å². The summed E-state index contributed by atoms with van der Waals surface area (Å²) >= 11 is 0. The predicted octanol–water partition coefficient (Wildman–Crippen LogP) is 11.7. The minimum absolute atomic E-state index is 0.0790. The van der Waals surface area contributed by atoms with Gasteiger partial charge < -0.3 is 51.1 Å². The van der Waals surface area contributed by atoms with Gasteiger partial charge in [0.05, 0.1) is 39.6 Å². The van der Waals surface area contributed by atoms with Gasteiger partial charge in [-0.15, -0.1) is 0 Å². The molecule has 3 amide bonds. The minimum atomic E-state index is -0.626. The molecule has 13 aromatic rings. The lowest BCUT2D eigenvalue weighted by Gasteiger charge is -2.32. The number of hydrogen-bond acceptors (Lipinski definition) is 19. The van der Waals surface area contributed by atoms with Gasteiger partial charge in [-0.1, -0.05) is 79.5 Å². The third-order valence-electron chi connectivity index (χ3n) is 17.3. The maximum atomic E-state index is 13.9. The van der Waals surface area contributed by atoms with E-state index >= 15 is 0 Å². The SMILES string of the molecule is C=CC(=O)N1CCCC(n2nc(-c3ccc(Oc4ccccc4)cc3)c3c(N)noc(=O)c32)C1.C=CC(=O)N1CCCC(n2nc(-c3ccc(Oc4ccccc4F)cc3)c3c(N)n[nH]c(=O)c32)C1.C=CC(=O)Nc1cccc(-n2nc3c(=O)[nH]nc(N)c3c2-c2ccc(Oc3ccccc3)cc2)c1. The molecule has 9 N–H and O–H groups in total. The first-order chi connectivity index (χ1) is 50.5. The standard InChI is InChI=1S/C26H20N6O3.C25H23FN6O3.C25H23N5O4/c1-2-21(33)28-17-7-6-8-18(15-17)32-24(22-23(31-32)26(34)30-29-25(22)27)16-11-13-20(14-12-16)35-19-9-4-3-5-10-19;1-2-20(33)31-13-5-6-16(14-31)32-23-21(24(27)28-29-25(23)34)22(30-32)15-9-11-17(12-10-15)35-19-8-4-3-7-18(19)26;1-2-20(31)29-14-6-7-17(15-29)30-23-21(24(26)28-34-25(23)32)22(27-30)16-10-12-19(13-11-16)33-18-8-4-3-5-9-18/h2-15H,1H2,(H2,27,29)(H,28,33)(H,30,34);2-4,7-12,16H,1,5-6,13-14H2,(H2,27,28)(H,29,34);2-5,8-13,17H,1,6-7,14-15H2,(H2,26,28). The molecule has 0 aliphatic carbocycles. The van der Waals surface area contributed by atoms with Crippen LogP contribution in [0, 0.1) is 5.82 Å². The molecular formula is C76H66FN17O10.